The zero-order chi connectivity index (χ0) is 34.8. The van der Waals surface area contributed by atoms with Crippen LogP contribution in [0.25, 0.3) is 0 Å². The van der Waals surface area contributed by atoms with Crippen molar-refractivity contribution in [2.45, 2.75) is 50.8 Å². The Hall–Kier alpha value is -5.09. The van der Waals surface area contributed by atoms with Crippen LogP contribution in [0.4, 0.5) is 17.1 Å². The highest BCUT2D eigenvalue weighted by Crippen LogP contribution is 2.47. The number of anilines is 3. The summed E-state index contributed by atoms with van der Waals surface area (Å²) < 4.78 is 1.73. The molecule has 1 unspecified atom stereocenters. The molecular weight excluding hydrogens is 650 g/mol. The Labute approximate surface area is 296 Å². The fraction of sp³-hybridized carbons (Fsp3) is 0.250. The molecule has 7 rings (SSSR count). The van der Waals surface area contributed by atoms with Crippen LogP contribution in [0, 0.1) is 5.92 Å². The molecule has 0 radical (unpaired) electrons. The molecule has 2 aliphatic rings. The summed E-state index contributed by atoms with van der Waals surface area (Å²) in [5.41, 5.74) is 4.59. The Bertz CT molecular complexity index is 2050. The molecule has 0 spiro atoms. The number of hydrogen-bond acceptors (Lipinski definition) is 6. The van der Waals surface area contributed by atoms with Crippen LogP contribution in [-0.2, 0) is 34.7 Å². The normalized spacial score (nSPS) is 18.4. The van der Waals surface area contributed by atoms with E-state index in [1.54, 1.807) is 32.7 Å². The maximum atomic E-state index is 14.1. The largest absolute Gasteiger partial charge is 0.395 e. The summed E-state index contributed by atoms with van der Waals surface area (Å²) in [4.78, 5) is 30.4. The third-order valence-electron chi connectivity index (χ3n) is 9.76. The number of rotatable bonds is 11. The Morgan fingerprint density at radius 2 is 1.70 bits per heavy atom. The van der Waals surface area contributed by atoms with Crippen molar-refractivity contribution >= 4 is 40.5 Å². The highest BCUT2D eigenvalue weighted by molar-refractivity contribution is 6.31. The standard InChI is InChI=1S/C40H38ClN5O4/c1-27(9-7-8-22-44-25-35(42-43-44)33(26-47)29-10-3-2-4-11-29)40(50)34-23-31(41)17-20-37(34)45(39(40)49)24-28-14-18-32(19-15-28)46-36-13-6-5-12-30(36)16-21-38(46)48/h2-7,9-15,17-20,23,25,27,33,47,50H,8,16,21-22,24,26H2,1H3/b9-7+/t27-,33?,40+/m0/s1. The first-order chi connectivity index (χ1) is 24.3. The van der Waals surface area contributed by atoms with Crippen LogP contribution in [0.2, 0.25) is 5.02 Å². The van der Waals surface area contributed by atoms with E-state index in [2.05, 4.69) is 16.4 Å². The van der Waals surface area contributed by atoms with Gasteiger partial charge in [0.1, 0.15) is 0 Å². The number of benzene rings is 4. The number of nitrogens with zero attached hydrogens (tertiary/aromatic N) is 5. The number of carbonyl (C=O) groups is 2. The van der Waals surface area contributed by atoms with Crippen molar-refractivity contribution in [2.75, 3.05) is 16.4 Å². The molecule has 3 heterocycles. The molecule has 2 amide bonds. The summed E-state index contributed by atoms with van der Waals surface area (Å²) in [7, 11) is 0. The van der Waals surface area contributed by atoms with Gasteiger partial charge in [-0.15, -0.1) is 5.10 Å². The van der Waals surface area contributed by atoms with Crippen molar-refractivity contribution in [3.8, 4) is 0 Å². The molecular formula is C40H38ClN5O4. The van der Waals surface area contributed by atoms with E-state index in [0.717, 1.165) is 34.5 Å². The Kier molecular flexibility index (Phi) is 9.38. The van der Waals surface area contributed by atoms with E-state index in [0.29, 0.717) is 41.4 Å². The molecule has 50 heavy (non-hydrogen) atoms. The topological polar surface area (TPSA) is 112 Å². The molecule has 4 aromatic carbocycles. The van der Waals surface area contributed by atoms with Gasteiger partial charge in [-0.3, -0.25) is 19.2 Å². The smallest absolute Gasteiger partial charge is 0.264 e. The Balaban J connectivity index is 1.05. The Morgan fingerprint density at radius 1 is 0.940 bits per heavy atom. The fourth-order valence-electron chi connectivity index (χ4n) is 7.00. The number of aryl methyl sites for hydroxylation is 2. The molecule has 0 bridgehead atoms. The van der Waals surface area contributed by atoms with Crippen molar-refractivity contribution in [3.05, 3.63) is 148 Å². The number of allylic oxidation sites excluding steroid dienone is 1. The number of aromatic nitrogens is 3. The third-order valence-corrected chi connectivity index (χ3v) is 10.00. The van der Waals surface area contributed by atoms with E-state index in [4.69, 9.17) is 11.6 Å². The van der Waals surface area contributed by atoms with E-state index in [1.165, 1.54) is 0 Å². The minimum atomic E-state index is -1.81. The highest BCUT2D eigenvalue weighted by Gasteiger charge is 2.52. The van der Waals surface area contributed by atoms with Crippen molar-refractivity contribution in [2.24, 2.45) is 5.92 Å². The molecule has 2 N–H and O–H groups in total. The molecule has 3 atom stereocenters. The maximum Gasteiger partial charge on any atom is 0.264 e. The molecule has 0 saturated heterocycles. The zero-order valence-electron chi connectivity index (χ0n) is 27.7. The lowest BCUT2D eigenvalue weighted by Crippen LogP contribution is -2.44. The molecule has 0 aliphatic carbocycles. The number of carbonyl (C=O) groups excluding carboxylic acids is 2. The van der Waals surface area contributed by atoms with Crippen molar-refractivity contribution in [1.29, 1.82) is 0 Å². The van der Waals surface area contributed by atoms with Gasteiger partial charge in [0.2, 0.25) is 5.91 Å². The summed E-state index contributed by atoms with van der Waals surface area (Å²) >= 11 is 6.40. The van der Waals surface area contributed by atoms with E-state index >= 15 is 0 Å². The molecule has 0 fully saturated rings. The average molecular weight is 688 g/mol. The second kappa shape index (κ2) is 14.0. The van der Waals surface area contributed by atoms with E-state index in [1.807, 2.05) is 98.1 Å². The van der Waals surface area contributed by atoms with E-state index in [-0.39, 0.29) is 25.0 Å². The number of amides is 2. The van der Waals surface area contributed by atoms with Gasteiger partial charge in [-0.25, -0.2) is 0 Å². The monoisotopic (exact) mass is 687 g/mol. The number of aliphatic hydroxyl groups excluding tert-OH is 1. The van der Waals surface area contributed by atoms with Crippen LogP contribution < -0.4 is 9.80 Å². The summed E-state index contributed by atoms with van der Waals surface area (Å²) in [6.07, 6.45) is 7.40. The number of hydrogen-bond donors (Lipinski definition) is 2. The van der Waals surface area contributed by atoms with Crippen LogP contribution in [0.1, 0.15) is 53.6 Å². The van der Waals surface area contributed by atoms with Gasteiger partial charge in [-0.2, -0.15) is 0 Å². The Morgan fingerprint density at radius 3 is 2.48 bits per heavy atom. The molecule has 10 heteroatoms. The van der Waals surface area contributed by atoms with Crippen LogP contribution in [0.3, 0.4) is 0 Å². The molecule has 1 aromatic heterocycles. The summed E-state index contributed by atoms with van der Waals surface area (Å²) in [5, 5.41) is 31.1. The van der Waals surface area contributed by atoms with Gasteiger partial charge in [0.15, 0.2) is 5.60 Å². The van der Waals surface area contributed by atoms with Crippen LogP contribution >= 0.6 is 11.6 Å². The van der Waals surface area contributed by atoms with Gasteiger partial charge in [-0.05, 0) is 65.9 Å². The predicted octanol–water partition coefficient (Wildman–Crippen LogP) is 6.68. The van der Waals surface area contributed by atoms with Gasteiger partial charge in [-0.1, -0.05) is 96.6 Å². The van der Waals surface area contributed by atoms with E-state index in [9.17, 15) is 19.8 Å². The highest BCUT2D eigenvalue weighted by atomic mass is 35.5. The van der Waals surface area contributed by atoms with Crippen molar-refractivity contribution in [1.82, 2.24) is 15.0 Å². The molecule has 5 aromatic rings. The SMILES string of the molecule is C[C@@H](/C=C/CCn1cc(C(CO)c2ccccc2)nn1)[C@]1(O)C(=O)N(Cc2ccc(N3C(=O)CCc4ccccc43)cc2)c2ccc(Cl)cc21. The first-order valence-electron chi connectivity index (χ1n) is 16.8. The first-order valence-corrected chi connectivity index (χ1v) is 17.2. The van der Waals surface area contributed by atoms with Crippen LogP contribution in [-0.4, -0.2) is 43.6 Å². The summed E-state index contributed by atoms with van der Waals surface area (Å²) in [5.74, 6) is -1.19. The second-order valence-corrected chi connectivity index (χ2v) is 13.3. The minimum Gasteiger partial charge on any atom is -0.395 e. The first kappa shape index (κ1) is 33.4. The average Bonchev–Trinajstić information content (AvgIpc) is 3.68. The minimum absolute atomic E-state index is 0.0496. The van der Waals surface area contributed by atoms with Crippen molar-refractivity contribution in [3.63, 3.8) is 0 Å². The fourth-order valence-corrected chi connectivity index (χ4v) is 7.18. The third kappa shape index (κ3) is 6.24. The van der Waals surface area contributed by atoms with Gasteiger partial charge in [0, 0.05) is 41.4 Å². The van der Waals surface area contributed by atoms with Crippen molar-refractivity contribution < 1.29 is 19.8 Å². The van der Waals surface area contributed by atoms with Gasteiger partial charge in [0.25, 0.3) is 5.91 Å². The number of fused-ring (bicyclic) bond motifs is 2. The number of halogens is 1. The zero-order valence-corrected chi connectivity index (χ0v) is 28.4. The number of aliphatic hydroxyl groups is 2. The van der Waals surface area contributed by atoms with Crippen LogP contribution in [0.5, 0.6) is 0 Å². The van der Waals surface area contributed by atoms with Gasteiger partial charge < -0.3 is 15.1 Å². The number of para-hydroxylation sites is 1. The van der Waals surface area contributed by atoms with Crippen LogP contribution in [0.15, 0.2) is 115 Å². The lowest BCUT2D eigenvalue weighted by molar-refractivity contribution is -0.139. The summed E-state index contributed by atoms with van der Waals surface area (Å²) in [6, 6.07) is 30.5. The molecule has 254 valence electrons. The van der Waals surface area contributed by atoms with Gasteiger partial charge in [0.05, 0.1) is 36.1 Å². The quantitative estimate of drug-likeness (QED) is 0.150. The lowest BCUT2D eigenvalue weighted by atomic mass is 9.83. The maximum absolute atomic E-state index is 14.1. The van der Waals surface area contributed by atoms with E-state index < -0.39 is 17.4 Å². The second-order valence-electron chi connectivity index (χ2n) is 12.9. The molecule has 2 aliphatic heterocycles. The molecule has 0 saturated carbocycles. The lowest BCUT2D eigenvalue weighted by Gasteiger charge is -2.30. The molecule has 9 nitrogen and oxygen atoms in total. The van der Waals surface area contributed by atoms with Gasteiger partial charge >= 0.3 is 0 Å². The predicted molar refractivity (Wildman–Crippen MR) is 193 cm³/mol. The summed E-state index contributed by atoms with van der Waals surface area (Å²) in [6.45, 7) is 2.53.